The minimum atomic E-state index is -0.891. The second-order valence-corrected chi connectivity index (χ2v) is 4.52. The first kappa shape index (κ1) is 13.6. The third kappa shape index (κ3) is 3.15. The summed E-state index contributed by atoms with van der Waals surface area (Å²) in [5, 5.41) is 10.2. The van der Waals surface area contributed by atoms with E-state index in [-0.39, 0.29) is 0 Å². The second-order valence-electron chi connectivity index (χ2n) is 4.52. The minimum absolute atomic E-state index is 0.344. The van der Waals surface area contributed by atoms with Crippen molar-refractivity contribution in [2.24, 2.45) is 0 Å². The molecule has 0 atom stereocenters. The Balaban J connectivity index is 2.12. The average molecular weight is 261 g/mol. The number of aromatic nitrogens is 1. The van der Waals surface area contributed by atoms with Crippen LogP contribution in [0.1, 0.15) is 30.1 Å². The first-order valence-corrected chi connectivity index (χ1v) is 6.63. The standard InChI is InChI=1S/C15H19NO3/c1-2-3-10-19-11-9-16-8-7-12-5-4-6-13(14(12)16)15(17)18/h4-8H,2-3,9-11H2,1H3,(H,17,18). The molecular formula is C15H19NO3. The quantitative estimate of drug-likeness (QED) is 0.779. The van der Waals surface area contributed by atoms with Crippen molar-refractivity contribution in [3.63, 3.8) is 0 Å². The van der Waals surface area contributed by atoms with Crippen LogP contribution in [0.5, 0.6) is 0 Å². The molecule has 0 spiro atoms. The Hall–Kier alpha value is -1.81. The van der Waals surface area contributed by atoms with E-state index in [1.165, 1.54) is 0 Å². The largest absolute Gasteiger partial charge is 0.478 e. The number of ether oxygens (including phenoxy) is 1. The zero-order valence-electron chi connectivity index (χ0n) is 11.1. The average Bonchev–Trinajstić information content (AvgIpc) is 2.81. The van der Waals surface area contributed by atoms with Crippen LogP contribution < -0.4 is 0 Å². The molecule has 1 aromatic heterocycles. The molecule has 0 amide bonds. The summed E-state index contributed by atoms with van der Waals surface area (Å²) < 4.78 is 7.48. The van der Waals surface area contributed by atoms with Gasteiger partial charge in [-0.05, 0) is 18.6 Å². The summed E-state index contributed by atoms with van der Waals surface area (Å²) in [4.78, 5) is 11.2. The number of nitrogens with zero attached hydrogens (tertiary/aromatic N) is 1. The number of hydrogen-bond donors (Lipinski definition) is 1. The van der Waals surface area contributed by atoms with E-state index >= 15 is 0 Å². The lowest BCUT2D eigenvalue weighted by molar-refractivity contribution is 0.0698. The van der Waals surface area contributed by atoms with Crippen molar-refractivity contribution >= 4 is 16.9 Å². The Morgan fingerprint density at radius 2 is 2.16 bits per heavy atom. The summed E-state index contributed by atoms with van der Waals surface area (Å²) in [5.74, 6) is -0.891. The SMILES string of the molecule is CCCCOCCn1ccc2cccc(C(=O)O)c21. The van der Waals surface area contributed by atoms with Gasteiger partial charge in [0.2, 0.25) is 0 Å². The number of unbranched alkanes of at least 4 members (excludes halogenated alkanes) is 1. The predicted molar refractivity (Wildman–Crippen MR) is 74.6 cm³/mol. The number of para-hydroxylation sites is 1. The topological polar surface area (TPSA) is 51.5 Å². The molecule has 0 aliphatic carbocycles. The van der Waals surface area contributed by atoms with Crippen LogP contribution in [-0.2, 0) is 11.3 Å². The van der Waals surface area contributed by atoms with Crippen LogP contribution in [0, 0.1) is 0 Å². The Kier molecular flexibility index (Phi) is 4.58. The van der Waals surface area contributed by atoms with E-state index in [0.29, 0.717) is 18.7 Å². The van der Waals surface area contributed by atoms with Gasteiger partial charge in [-0.1, -0.05) is 25.5 Å². The summed E-state index contributed by atoms with van der Waals surface area (Å²) in [6.45, 7) is 4.18. The van der Waals surface area contributed by atoms with Crippen molar-refractivity contribution in [1.82, 2.24) is 4.57 Å². The molecule has 0 aliphatic heterocycles. The lowest BCUT2D eigenvalue weighted by atomic mass is 10.1. The van der Waals surface area contributed by atoms with Crippen LogP contribution in [0.15, 0.2) is 30.5 Å². The molecule has 102 valence electrons. The summed E-state index contributed by atoms with van der Waals surface area (Å²) in [5.41, 5.74) is 1.12. The fraction of sp³-hybridized carbons (Fsp3) is 0.400. The molecule has 0 saturated heterocycles. The molecule has 1 aromatic carbocycles. The van der Waals surface area contributed by atoms with Gasteiger partial charge < -0.3 is 14.4 Å². The highest BCUT2D eigenvalue weighted by Gasteiger charge is 2.11. The molecule has 0 bridgehead atoms. The highest BCUT2D eigenvalue weighted by atomic mass is 16.5. The van der Waals surface area contributed by atoms with Crippen LogP contribution >= 0.6 is 0 Å². The van der Waals surface area contributed by atoms with E-state index in [2.05, 4.69) is 6.92 Å². The summed E-state index contributed by atoms with van der Waals surface area (Å²) in [6.07, 6.45) is 4.10. The van der Waals surface area contributed by atoms with E-state index in [1.807, 2.05) is 22.9 Å². The van der Waals surface area contributed by atoms with E-state index < -0.39 is 5.97 Å². The van der Waals surface area contributed by atoms with Crippen LogP contribution in [0.4, 0.5) is 0 Å². The zero-order valence-corrected chi connectivity index (χ0v) is 11.1. The molecule has 0 fully saturated rings. The second kappa shape index (κ2) is 6.38. The first-order valence-electron chi connectivity index (χ1n) is 6.63. The molecule has 2 rings (SSSR count). The normalized spacial score (nSPS) is 11.0. The maximum Gasteiger partial charge on any atom is 0.337 e. The van der Waals surface area contributed by atoms with Gasteiger partial charge in [-0.25, -0.2) is 4.79 Å². The lowest BCUT2D eigenvalue weighted by Gasteiger charge is -2.08. The fourth-order valence-corrected chi connectivity index (χ4v) is 2.13. The molecule has 2 aromatic rings. The van der Waals surface area contributed by atoms with E-state index in [1.54, 1.807) is 12.1 Å². The van der Waals surface area contributed by atoms with Gasteiger partial charge in [0.1, 0.15) is 0 Å². The number of hydrogen-bond acceptors (Lipinski definition) is 2. The number of benzene rings is 1. The Bertz CT molecular complexity index is 560. The first-order chi connectivity index (χ1) is 9.24. The van der Waals surface area contributed by atoms with Crippen LogP contribution in [0.25, 0.3) is 10.9 Å². The number of aromatic carboxylic acids is 1. The molecule has 0 saturated carbocycles. The maximum absolute atomic E-state index is 11.2. The Morgan fingerprint density at radius 3 is 2.89 bits per heavy atom. The maximum atomic E-state index is 11.2. The minimum Gasteiger partial charge on any atom is -0.478 e. The van der Waals surface area contributed by atoms with Crippen LogP contribution in [-0.4, -0.2) is 28.9 Å². The van der Waals surface area contributed by atoms with E-state index in [4.69, 9.17) is 4.74 Å². The number of fused-ring (bicyclic) bond motifs is 1. The number of carbonyl (C=O) groups is 1. The number of carboxylic acid groups (broad SMARTS) is 1. The third-order valence-corrected chi connectivity index (χ3v) is 3.14. The van der Waals surface area contributed by atoms with Crippen molar-refractivity contribution in [1.29, 1.82) is 0 Å². The van der Waals surface area contributed by atoms with Crippen molar-refractivity contribution in [2.45, 2.75) is 26.3 Å². The lowest BCUT2D eigenvalue weighted by Crippen LogP contribution is -2.08. The summed E-state index contributed by atoms with van der Waals surface area (Å²) >= 11 is 0. The van der Waals surface area contributed by atoms with Gasteiger partial charge >= 0.3 is 5.97 Å². The molecule has 4 nitrogen and oxygen atoms in total. The molecule has 0 aliphatic rings. The summed E-state index contributed by atoms with van der Waals surface area (Å²) in [6, 6.07) is 7.27. The van der Waals surface area contributed by atoms with Gasteiger partial charge in [-0.3, -0.25) is 0 Å². The van der Waals surface area contributed by atoms with Gasteiger partial charge in [0.05, 0.1) is 17.7 Å². The molecule has 1 heterocycles. The predicted octanol–water partition coefficient (Wildman–Crippen LogP) is 3.16. The smallest absolute Gasteiger partial charge is 0.337 e. The highest BCUT2D eigenvalue weighted by Crippen LogP contribution is 2.20. The van der Waals surface area contributed by atoms with Gasteiger partial charge in [0.25, 0.3) is 0 Å². The van der Waals surface area contributed by atoms with Crippen molar-refractivity contribution < 1.29 is 14.6 Å². The molecule has 1 N–H and O–H groups in total. The van der Waals surface area contributed by atoms with E-state index in [0.717, 1.165) is 30.4 Å². The number of carboxylic acids is 1. The van der Waals surface area contributed by atoms with Crippen molar-refractivity contribution in [2.75, 3.05) is 13.2 Å². The van der Waals surface area contributed by atoms with Crippen molar-refractivity contribution in [3.8, 4) is 0 Å². The zero-order chi connectivity index (χ0) is 13.7. The number of rotatable bonds is 7. The van der Waals surface area contributed by atoms with Gasteiger partial charge in [0, 0.05) is 24.7 Å². The highest BCUT2D eigenvalue weighted by molar-refractivity contribution is 6.02. The van der Waals surface area contributed by atoms with Crippen LogP contribution in [0.2, 0.25) is 0 Å². The van der Waals surface area contributed by atoms with Gasteiger partial charge in [-0.15, -0.1) is 0 Å². The van der Waals surface area contributed by atoms with Crippen molar-refractivity contribution in [3.05, 3.63) is 36.0 Å². The molecule has 19 heavy (non-hydrogen) atoms. The molecule has 0 unspecified atom stereocenters. The Morgan fingerprint density at radius 1 is 1.32 bits per heavy atom. The molecule has 0 radical (unpaired) electrons. The van der Waals surface area contributed by atoms with Gasteiger partial charge in [0.15, 0.2) is 0 Å². The summed E-state index contributed by atoms with van der Waals surface area (Å²) in [7, 11) is 0. The fourth-order valence-electron chi connectivity index (χ4n) is 2.13. The third-order valence-electron chi connectivity index (χ3n) is 3.14. The van der Waals surface area contributed by atoms with Crippen LogP contribution in [0.3, 0.4) is 0 Å². The van der Waals surface area contributed by atoms with E-state index in [9.17, 15) is 9.90 Å². The monoisotopic (exact) mass is 261 g/mol. The molecular weight excluding hydrogens is 242 g/mol. The molecule has 4 heteroatoms. The Labute approximate surface area is 112 Å². The van der Waals surface area contributed by atoms with Gasteiger partial charge in [-0.2, -0.15) is 0 Å².